The SMILES string of the molecule is CC(=O)Oc1ccc([C]c2cccc3c4ccccc4n(C)c23)cc1. The monoisotopic (exact) mass is 327 g/mol. The van der Waals surface area contributed by atoms with Gasteiger partial charge in [0.25, 0.3) is 0 Å². The summed E-state index contributed by atoms with van der Waals surface area (Å²) in [5.41, 5.74) is 4.34. The van der Waals surface area contributed by atoms with Gasteiger partial charge in [-0.3, -0.25) is 4.79 Å². The predicted octanol–water partition coefficient (Wildman–Crippen LogP) is 4.73. The van der Waals surface area contributed by atoms with Crippen LogP contribution in [0.4, 0.5) is 0 Å². The van der Waals surface area contributed by atoms with E-state index in [4.69, 9.17) is 4.74 Å². The molecule has 122 valence electrons. The fraction of sp³-hybridized carbons (Fsp3) is 0.0909. The highest BCUT2D eigenvalue weighted by Crippen LogP contribution is 2.31. The van der Waals surface area contributed by atoms with E-state index >= 15 is 0 Å². The molecule has 2 radical (unpaired) electrons. The first-order chi connectivity index (χ1) is 12.1. The van der Waals surface area contributed by atoms with E-state index < -0.39 is 0 Å². The van der Waals surface area contributed by atoms with Gasteiger partial charge >= 0.3 is 5.97 Å². The Bertz CT molecular complexity index is 1070. The van der Waals surface area contributed by atoms with Gasteiger partial charge in [0, 0.05) is 30.3 Å². The molecule has 3 heteroatoms. The van der Waals surface area contributed by atoms with Crippen LogP contribution in [0.5, 0.6) is 5.75 Å². The van der Waals surface area contributed by atoms with Crippen molar-refractivity contribution >= 4 is 27.8 Å². The predicted molar refractivity (Wildman–Crippen MR) is 99.6 cm³/mol. The lowest BCUT2D eigenvalue weighted by Crippen LogP contribution is -2.01. The molecule has 0 saturated heterocycles. The number of benzene rings is 3. The average Bonchev–Trinajstić information content (AvgIpc) is 2.91. The number of ether oxygens (including phenoxy) is 1. The van der Waals surface area contributed by atoms with E-state index in [1.807, 2.05) is 12.1 Å². The van der Waals surface area contributed by atoms with Crippen LogP contribution in [-0.2, 0) is 11.8 Å². The summed E-state index contributed by atoms with van der Waals surface area (Å²) in [6.45, 7) is 1.40. The molecule has 3 aromatic carbocycles. The molecule has 0 aliphatic heterocycles. The minimum absolute atomic E-state index is 0.319. The summed E-state index contributed by atoms with van der Waals surface area (Å²) < 4.78 is 7.29. The third-order valence-corrected chi connectivity index (χ3v) is 4.32. The van der Waals surface area contributed by atoms with Crippen LogP contribution in [0, 0.1) is 6.42 Å². The number of carbonyl (C=O) groups is 1. The quantitative estimate of drug-likeness (QED) is 0.402. The number of hydrogen-bond donors (Lipinski definition) is 0. The molecule has 0 saturated carbocycles. The minimum Gasteiger partial charge on any atom is -0.427 e. The summed E-state index contributed by atoms with van der Waals surface area (Å²) in [5.74, 6) is 0.224. The molecule has 0 bridgehead atoms. The van der Waals surface area contributed by atoms with E-state index in [1.165, 1.54) is 23.2 Å². The first-order valence-corrected chi connectivity index (χ1v) is 8.15. The average molecular weight is 327 g/mol. The Kier molecular flexibility index (Phi) is 3.77. The Morgan fingerprint density at radius 3 is 2.40 bits per heavy atom. The molecule has 0 aliphatic carbocycles. The fourth-order valence-electron chi connectivity index (χ4n) is 3.27. The van der Waals surface area contributed by atoms with Gasteiger partial charge in [-0.1, -0.05) is 48.5 Å². The van der Waals surface area contributed by atoms with E-state index in [0.717, 1.165) is 16.6 Å². The van der Waals surface area contributed by atoms with Crippen LogP contribution in [0.15, 0.2) is 66.7 Å². The van der Waals surface area contributed by atoms with Crippen molar-refractivity contribution in [2.24, 2.45) is 7.05 Å². The number of para-hydroxylation sites is 2. The topological polar surface area (TPSA) is 31.2 Å². The van der Waals surface area contributed by atoms with Gasteiger partial charge in [0.1, 0.15) is 5.75 Å². The van der Waals surface area contributed by atoms with Gasteiger partial charge in [0.15, 0.2) is 0 Å². The fourth-order valence-corrected chi connectivity index (χ4v) is 3.27. The molecular formula is C22H17NO2. The summed E-state index contributed by atoms with van der Waals surface area (Å²) >= 11 is 0. The number of hydrogen-bond acceptors (Lipinski definition) is 2. The van der Waals surface area contributed by atoms with Crippen molar-refractivity contribution in [1.29, 1.82) is 0 Å². The molecule has 3 nitrogen and oxygen atoms in total. The number of aryl methyl sites for hydroxylation is 1. The summed E-state index contributed by atoms with van der Waals surface area (Å²) in [7, 11) is 2.08. The van der Waals surface area contributed by atoms with Crippen molar-refractivity contribution in [3.8, 4) is 5.75 Å². The zero-order chi connectivity index (χ0) is 17.4. The highest BCUT2D eigenvalue weighted by molar-refractivity contribution is 6.09. The number of esters is 1. The maximum absolute atomic E-state index is 11.0. The Labute approximate surface area is 146 Å². The van der Waals surface area contributed by atoms with Crippen LogP contribution in [-0.4, -0.2) is 10.5 Å². The van der Waals surface area contributed by atoms with Gasteiger partial charge in [0.05, 0.1) is 11.9 Å². The van der Waals surface area contributed by atoms with E-state index in [1.54, 1.807) is 12.1 Å². The third kappa shape index (κ3) is 2.78. The highest BCUT2D eigenvalue weighted by atomic mass is 16.5. The highest BCUT2D eigenvalue weighted by Gasteiger charge is 2.12. The summed E-state index contributed by atoms with van der Waals surface area (Å²) in [6.07, 6.45) is 3.47. The van der Waals surface area contributed by atoms with E-state index in [9.17, 15) is 4.79 Å². The van der Waals surface area contributed by atoms with Crippen molar-refractivity contribution in [2.45, 2.75) is 6.92 Å². The lowest BCUT2D eigenvalue weighted by molar-refractivity contribution is -0.131. The van der Waals surface area contributed by atoms with E-state index in [0.29, 0.717) is 5.75 Å². The summed E-state index contributed by atoms with van der Waals surface area (Å²) in [4.78, 5) is 11.0. The van der Waals surface area contributed by atoms with Crippen LogP contribution in [0.25, 0.3) is 21.8 Å². The lowest BCUT2D eigenvalue weighted by Gasteiger charge is -2.07. The zero-order valence-electron chi connectivity index (χ0n) is 14.1. The molecule has 0 aliphatic rings. The molecule has 0 spiro atoms. The molecule has 25 heavy (non-hydrogen) atoms. The second-order valence-electron chi connectivity index (χ2n) is 6.02. The van der Waals surface area contributed by atoms with Gasteiger partial charge in [-0.05, 0) is 29.3 Å². The van der Waals surface area contributed by atoms with Crippen molar-refractivity contribution in [2.75, 3.05) is 0 Å². The molecule has 1 aromatic heterocycles. The summed E-state index contributed by atoms with van der Waals surface area (Å²) in [5, 5.41) is 2.47. The largest absolute Gasteiger partial charge is 0.427 e. The first kappa shape index (κ1) is 15.5. The molecule has 0 fully saturated rings. The van der Waals surface area contributed by atoms with Crippen LogP contribution in [0.2, 0.25) is 0 Å². The van der Waals surface area contributed by atoms with Crippen molar-refractivity contribution in [3.63, 3.8) is 0 Å². The Balaban J connectivity index is 1.76. The second-order valence-corrected chi connectivity index (χ2v) is 6.02. The molecule has 0 N–H and O–H groups in total. The molecule has 4 aromatic rings. The molecule has 1 heterocycles. The van der Waals surface area contributed by atoms with Crippen molar-refractivity contribution < 1.29 is 9.53 Å². The minimum atomic E-state index is -0.319. The summed E-state index contributed by atoms with van der Waals surface area (Å²) in [6, 6.07) is 22.1. The number of fused-ring (bicyclic) bond motifs is 3. The molecule has 0 atom stereocenters. The number of rotatable bonds is 3. The lowest BCUT2D eigenvalue weighted by atomic mass is 10.0. The van der Waals surface area contributed by atoms with Crippen LogP contribution in [0.1, 0.15) is 18.1 Å². The Morgan fingerprint density at radius 2 is 1.64 bits per heavy atom. The third-order valence-electron chi connectivity index (χ3n) is 4.32. The molecule has 0 unspecified atom stereocenters. The Hall–Kier alpha value is -3.07. The maximum Gasteiger partial charge on any atom is 0.308 e. The van der Waals surface area contributed by atoms with Gasteiger partial charge in [0.2, 0.25) is 0 Å². The van der Waals surface area contributed by atoms with Gasteiger partial charge < -0.3 is 9.30 Å². The van der Waals surface area contributed by atoms with Gasteiger partial charge in [-0.25, -0.2) is 0 Å². The van der Waals surface area contributed by atoms with E-state index in [-0.39, 0.29) is 5.97 Å². The van der Waals surface area contributed by atoms with Crippen molar-refractivity contribution in [3.05, 3.63) is 84.3 Å². The molecule has 4 rings (SSSR count). The van der Waals surface area contributed by atoms with Crippen LogP contribution < -0.4 is 4.74 Å². The molecular weight excluding hydrogens is 310 g/mol. The zero-order valence-corrected chi connectivity index (χ0v) is 14.1. The van der Waals surface area contributed by atoms with Gasteiger partial charge in [-0.2, -0.15) is 0 Å². The number of carbonyl (C=O) groups excluding carboxylic acids is 1. The smallest absolute Gasteiger partial charge is 0.308 e. The number of aromatic nitrogens is 1. The number of nitrogens with zero attached hydrogens (tertiary/aromatic N) is 1. The second kappa shape index (κ2) is 6.10. The maximum atomic E-state index is 11.0. The van der Waals surface area contributed by atoms with Gasteiger partial charge in [-0.15, -0.1) is 0 Å². The standard InChI is InChI=1S/C22H17NO2/c1-15(24)25-18-12-10-16(11-13-18)14-17-6-5-8-20-19-7-3-4-9-21(19)23(2)22(17)20/h3-13H,1-2H3. The molecule has 0 amide bonds. The normalized spacial score (nSPS) is 11.1. The first-order valence-electron chi connectivity index (χ1n) is 8.15. The van der Waals surface area contributed by atoms with Crippen molar-refractivity contribution in [1.82, 2.24) is 4.57 Å². The van der Waals surface area contributed by atoms with Crippen LogP contribution >= 0.6 is 0 Å². The Morgan fingerprint density at radius 1 is 0.920 bits per heavy atom. The van der Waals surface area contributed by atoms with Crippen LogP contribution in [0.3, 0.4) is 0 Å². The van der Waals surface area contributed by atoms with E-state index in [2.05, 4.69) is 60.5 Å².